The molecular formula is C16H14N2O2S. The SMILES string of the molecule is Cc1csc(C(=O)NCc2ccc(-c3ccco3)nc2)c1. The molecule has 4 nitrogen and oxygen atoms in total. The van der Waals surface area contributed by atoms with E-state index in [9.17, 15) is 4.79 Å². The molecule has 1 amide bonds. The molecule has 0 fully saturated rings. The zero-order valence-corrected chi connectivity index (χ0v) is 12.3. The lowest BCUT2D eigenvalue weighted by molar-refractivity contribution is 0.0955. The van der Waals surface area contributed by atoms with Crippen LogP contribution in [0.3, 0.4) is 0 Å². The molecule has 0 bridgehead atoms. The Bertz CT molecular complexity index is 730. The van der Waals surface area contributed by atoms with Gasteiger partial charge in [0.25, 0.3) is 5.91 Å². The Hall–Kier alpha value is -2.40. The molecule has 0 aromatic carbocycles. The summed E-state index contributed by atoms with van der Waals surface area (Å²) < 4.78 is 5.29. The van der Waals surface area contributed by atoms with Crippen molar-refractivity contribution in [1.29, 1.82) is 0 Å². The Kier molecular flexibility index (Phi) is 3.83. The summed E-state index contributed by atoms with van der Waals surface area (Å²) in [4.78, 5) is 17.0. The zero-order chi connectivity index (χ0) is 14.7. The second-order valence-electron chi connectivity index (χ2n) is 4.70. The van der Waals surface area contributed by atoms with Crippen molar-refractivity contribution in [3.05, 3.63) is 64.2 Å². The summed E-state index contributed by atoms with van der Waals surface area (Å²) in [5, 5.41) is 4.86. The maximum absolute atomic E-state index is 11.9. The van der Waals surface area contributed by atoms with Gasteiger partial charge in [0.05, 0.1) is 11.1 Å². The van der Waals surface area contributed by atoms with E-state index in [2.05, 4.69) is 10.3 Å². The van der Waals surface area contributed by atoms with E-state index in [0.717, 1.165) is 27.5 Å². The van der Waals surface area contributed by atoms with Gasteiger partial charge in [-0.05, 0) is 47.7 Å². The minimum absolute atomic E-state index is 0.0526. The molecule has 0 saturated carbocycles. The minimum Gasteiger partial charge on any atom is -0.463 e. The Morgan fingerprint density at radius 3 is 2.90 bits per heavy atom. The van der Waals surface area contributed by atoms with Gasteiger partial charge in [-0.2, -0.15) is 0 Å². The average Bonchev–Trinajstić information content (AvgIpc) is 3.16. The fraction of sp³-hybridized carbons (Fsp3) is 0.125. The molecule has 0 aliphatic carbocycles. The van der Waals surface area contributed by atoms with Crippen molar-refractivity contribution in [2.24, 2.45) is 0 Å². The van der Waals surface area contributed by atoms with Crippen LogP contribution in [0, 0.1) is 6.92 Å². The highest BCUT2D eigenvalue weighted by molar-refractivity contribution is 7.12. The van der Waals surface area contributed by atoms with Gasteiger partial charge in [0.15, 0.2) is 5.76 Å². The molecule has 106 valence electrons. The highest BCUT2D eigenvalue weighted by Crippen LogP contribution is 2.17. The van der Waals surface area contributed by atoms with Crippen LogP contribution in [0.15, 0.2) is 52.6 Å². The Labute approximate surface area is 126 Å². The maximum atomic E-state index is 11.9. The number of hydrogen-bond acceptors (Lipinski definition) is 4. The Morgan fingerprint density at radius 1 is 1.38 bits per heavy atom. The summed E-state index contributed by atoms with van der Waals surface area (Å²) in [6.07, 6.45) is 3.37. The van der Waals surface area contributed by atoms with Crippen molar-refractivity contribution in [1.82, 2.24) is 10.3 Å². The van der Waals surface area contributed by atoms with Gasteiger partial charge in [0.2, 0.25) is 0 Å². The molecule has 1 N–H and O–H groups in total. The number of furan rings is 1. The monoisotopic (exact) mass is 298 g/mol. The van der Waals surface area contributed by atoms with Crippen LogP contribution < -0.4 is 5.32 Å². The maximum Gasteiger partial charge on any atom is 0.261 e. The van der Waals surface area contributed by atoms with Crippen molar-refractivity contribution < 1.29 is 9.21 Å². The summed E-state index contributed by atoms with van der Waals surface area (Å²) in [5.74, 6) is 0.683. The second kappa shape index (κ2) is 5.93. The van der Waals surface area contributed by atoms with Gasteiger partial charge in [-0.1, -0.05) is 6.07 Å². The van der Waals surface area contributed by atoms with E-state index in [1.165, 1.54) is 11.3 Å². The molecule has 0 saturated heterocycles. The number of aromatic nitrogens is 1. The number of hydrogen-bond donors (Lipinski definition) is 1. The number of aryl methyl sites for hydroxylation is 1. The van der Waals surface area contributed by atoms with Gasteiger partial charge in [0.1, 0.15) is 5.69 Å². The number of nitrogens with one attached hydrogen (secondary N) is 1. The summed E-state index contributed by atoms with van der Waals surface area (Å²) in [7, 11) is 0. The first-order valence-electron chi connectivity index (χ1n) is 6.54. The number of pyridine rings is 1. The summed E-state index contributed by atoms with van der Waals surface area (Å²) in [5.41, 5.74) is 2.84. The topological polar surface area (TPSA) is 55.1 Å². The predicted octanol–water partition coefficient (Wildman–Crippen LogP) is 3.64. The van der Waals surface area contributed by atoms with Gasteiger partial charge in [0, 0.05) is 12.7 Å². The first-order chi connectivity index (χ1) is 10.2. The quantitative estimate of drug-likeness (QED) is 0.800. The third-order valence-electron chi connectivity index (χ3n) is 3.01. The molecule has 0 atom stereocenters. The molecule has 5 heteroatoms. The minimum atomic E-state index is -0.0526. The largest absolute Gasteiger partial charge is 0.463 e. The molecule has 0 aliphatic rings. The fourth-order valence-electron chi connectivity index (χ4n) is 1.92. The number of rotatable bonds is 4. The molecule has 0 radical (unpaired) electrons. The smallest absolute Gasteiger partial charge is 0.261 e. The third-order valence-corrected chi connectivity index (χ3v) is 4.05. The van der Waals surface area contributed by atoms with Gasteiger partial charge in [-0.25, -0.2) is 0 Å². The first-order valence-corrected chi connectivity index (χ1v) is 7.42. The molecule has 3 aromatic heterocycles. The zero-order valence-electron chi connectivity index (χ0n) is 11.5. The lowest BCUT2D eigenvalue weighted by Crippen LogP contribution is -2.21. The third kappa shape index (κ3) is 3.20. The van der Waals surface area contributed by atoms with Gasteiger partial charge in [-0.15, -0.1) is 11.3 Å². The number of carbonyl (C=O) groups excluding carboxylic acids is 1. The van der Waals surface area contributed by atoms with E-state index in [-0.39, 0.29) is 5.91 Å². The second-order valence-corrected chi connectivity index (χ2v) is 5.61. The molecule has 0 spiro atoms. The van der Waals surface area contributed by atoms with Crippen LogP contribution in [0.5, 0.6) is 0 Å². The number of carbonyl (C=O) groups is 1. The lowest BCUT2D eigenvalue weighted by Gasteiger charge is -2.04. The van der Waals surface area contributed by atoms with Crippen LogP contribution in [0.4, 0.5) is 0 Å². The number of amides is 1. The summed E-state index contributed by atoms with van der Waals surface area (Å²) in [6.45, 7) is 2.44. The molecule has 3 heterocycles. The number of nitrogens with zero attached hydrogens (tertiary/aromatic N) is 1. The van der Waals surface area contributed by atoms with E-state index in [1.807, 2.05) is 42.6 Å². The van der Waals surface area contributed by atoms with Crippen LogP contribution in [-0.4, -0.2) is 10.9 Å². The Balaban J connectivity index is 1.62. The van der Waals surface area contributed by atoms with Crippen molar-refractivity contribution in [3.63, 3.8) is 0 Å². The van der Waals surface area contributed by atoms with Gasteiger partial charge >= 0.3 is 0 Å². The molecule has 21 heavy (non-hydrogen) atoms. The summed E-state index contributed by atoms with van der Waals surface area (Å²) >= 11 is 1.45. The van der Waals surface area contributed by atoms with E-state index in [0.29, 0.717) is 6.54 Å². The van der Waals surface area contributed by atoms with Gasteiger partial charge < -0.3 is 9.73 Å². The lowest BCUT2D eigenvalue weighted by atomic mass is 10.2. The van der Waals surface area contributed by atoms with Crippen LogP contribution >= 0.6 is 11.3 Å². The first kappa shape index (κ1) is 13.6. The van der Waals surface area contributed by atoms with Gasteiger partial charge in [-0.3, -0.25) is 9.78 Å². The van der Waals surface area contributed by atoms with Crippen molar-refractivity contribution in [2.45, 2.75) is 13.5 Å². The molecule has 3 aromatic rings. The predicted molar refractivity (Wildman–Crippen MR) is 82.2 cm³/mol. The van der Waals surface area contributed by atoms with Crippen molar-refractivity contribution in [2.75, 3.05) is 0 Å². The standard InChI is InChI=1S/C16H14N2O2S/c1-11-7-15(21-10-11)16(19)18-9-12-4-5-13(17-8-12)14-3-2-6-20-14/h2-8,10H,9H2,1H3,(H,18,19). The highest BCUT2D eigenvalue weighted by atomic mass is 32.1. The average molecular weight is 298 g/mol. The molecular weight excluding hydrogens is 284 g/mol. The Morgan fingerprint density at radius 2 is 2.29 bits per heavy atom. The van der Waals surface area contributed by atoms with Crippen LogP contribution in [0.1, 0.15) is 20.8 Å². The molecule has 0 aliphatic heterocycles. The van der Waals surface area contributed by atoms with E-state index >= 15 is 0 Å². The normalized spacial score (nSPS) is 10.5. The van der Waals surface area contributed by atoms with Crippen LogP contribution in [0.2, 0.25) is 0 Å². The van der Waals surface area contributed by atoms with E-state index in [4.69, 9.17) is 4.42 Å². The highest BCUT2D eigenvalue weighted by Gasteiger charge is 2.08. The number of thiophene rings is 1. The fourth-order valence-corrected chi connectivity index (χ4v) is 2.73. The van der Waals surface area contributed by atoms with Crippen LogP contribution in [0.25, 0.3) is 11.5 Å². The molecule has 0 unspecified atom stereocenters. The van der Waals surface area contributed by atoms with Crippen LogP contribution in [-0.2, 0) is 6.54 Å². The van der Waals surface area contributed by atoms with Crippen molar-refractivity contribution in [3.8, 4) is 11.5 Å². The van der Waals surface area contributed by atoms with E-state index < -0.39 is 0 Å². The molecule has 3 rings (SSSR count). The van der Waals surface area contributed by atoms with Crippen molar-refractivity contribution >= 4 is 17.2 Å². The van der Waals surface area contributed by atoms with E-state index in [1.54, 1.807) is 12.5 Å². The summed E-state index contributed by atoms with van der Waals surface area (Å²) in [6, 6.07) is 9.40.